The molecular weight excluding hydrogens is 453 g/mol. The summed E-state index contributed by atoms with van der Waals surface area (Å²) in [6.45, 7) is 8.24. The monoisotopic (exact) mass is 489 g/mol. The summed E-state index contributed by atoms with van der Waals surface area (Å²) in [6.07, 6.45) is 12.7. The van der Waals surface area contributed by atoms with Crippen LogP contribution in [0.5, 0.6) is 0 Å². The Kier molecular flexibility index (Phi) is 9.35. The van der Waals surface area contributed by atoms with Crippen molar-refractivity contribution in [3.8, 4) is 0 Å². The summed E-state index contributed by atoms with van der Waals surface area (Å²) in [6, 6.07) is 0.448. The van der Waals surface area contributed by atoms with Crippen LogP contribution in [0.1, 0.15) is 52.0 Å². The fourth-order valence-electron chi connectivity index (χ4n) is 4.33. The highest BCUT2D eigenvalue weighted by molar-refractivity contribution is 14.0. The summed E-state index contributed by atoms with van der Waals surface area (Å²) < 4.78 is 8.36. The van der Waals surface area contributed by atoms with Crippen LogP contribution in [0.15, 0.2) is 23.7 Å². The second-order valence-electron chi connectivity index (χ2n) is 7.93. The van der Waals surface area contributed by atoms with Crippen molar-refractivity contribution in [3.63, 3.8) is 0 Å². The van der Waals surface area contributed by atoms with Gasteiger partial charge in [-0.15, -0.1) is 24.0 Å². The van der Waals surface area contributed by atoms with E-state index in [2.05, 4.69) is 44.8 Å². The molecule has 0 radical (unpaired) electrons. The average molecular weight is 489 g/mol. The molecule has 0 spiro atoms. The number of nitrogens with zero attached hydrogens (tertiary/aromatic N) is 4. The molecule has 154 valence electrons. The third kappa shape index (κ3) is 6.07. The third-order valence-corrected chi connectivity index (χ3v) is 6.09. The van der Waals surface area contributed by atoms with Crippen LogP contribution in [0.4, 0.5) is 0 Å². The smallest absolute Gasteiger partial charge is 0.193 e. The summed E-state index contributed by atoms with van der Waals surface area (Å²) in [7, 11) is 1.87. The minimum Gasteiger partial charge on any atom is -0.376 e. The highest BCUT2D eigenvalue weighted by Gasteiger charge is 2.29. The Hall–Kier alpha value is -0.830. The van der Waals surface area contributed by atoms with Gasteiger partial charge in [0.25, 0.3) is 0 Å². The number of hydrogen-bond donors (Lipinski definition) is 1. The lowest BCUT2D eigenvalue weighted by molar-refractivity contribution is -0.00223. The lowest BCUT2D eigenvalue weighted by atomic mass is 9.88. The number of ether oxygens (including phenoxy) is 1. The van der Waals surface area contributed by atoms with Gasteiger partial charge in [-0.25, -0.2) is 4.98 Å². The highest BCUT2D eigenvalue weighted by atomic mass is 127. The van der Waals surface area contributed by atoms with Gasteiger partial charge in [-0.1, -0.05) is 26.7 Å². The third-order valence-electron chi connectivity index (χ3n) is 6.09. The molecule has 2 heterocycles. The normalized spacial score (nSPS) is 29.3. The van der Waals surface area contributed by atoms with Crippen LogP contribution in [-0.4, -0.2) is 59.8 Å². The van der Waals surface area contributed by atoms with Gasteiger partial charge in [-0.3, -0.25) is 4.99 Å². The van der Waals surface area contributed by atoms with Crippen molar-refractivity contribution in [2.45, 2.75) is 58.1 Å². The molecule has 2 fully saturated rings. The molecule has 1 saturated heterocycles. The molecule has 1 aliphatic heterocycles. The van der Waals surface area contributed by atoms with E-state index in [1.165, 1.54) is 32.1 Å². The highest BCUT2D eigenvalue weighted by Crippen LogP contribution is 2.27. The van der Waals surface area contributed by atoms with Gasteiger partial charge in [0, 0.05) is 39.1 Å². The van der Waals surface area contributed by atoms with Gasteiger partial charge in [0.1, 0.15) is 0 Å². The molecule has 1 N–H and O–H groups in total. The molecule has 3 rings (SSSR count). The Balaban J connectivity index is 0.00000261. The molecule has 27 heavy (non-hydrogen) atoms. The van der Waals surface area contributed by atoms with Gasteiger partial charge >= 0.3 is 0 Å². The van der Waals surface area contributed by atoms with Gasteiger partial charge in [-0.2, -0.15) is 0 Å². The largest absolute Gasteiger partial charge is 0.376 e. The number of aliphatic imine (C=N–C) groups is 1. The number of guanidine groups is 1. The lowest BCUT2D eigenvalue weighted by Gasteiger charge is -2.39. The SMILES string of the molecule is CN=C(NCCOC1CCCCC1C)N1CCC(C)C(n2ccnc2)C1.I. The van der Waals surface area contributed by atoms with Crippen molar-refractivity contribution in [2.24, 2.45) is 16.8 Å². The van der Waals surface area contributed by atoms with Crippen molar-refractivity contribution < 1.29 is 4.74 Å². The van der Waals surface area contributed by atoms with E-state index in [0.717, 1.165) is 32.2 Å². The van der Waals surface area contributed by atoms with Crippen LogP contribution < -0.4 is 5.32 Å². The summed E-state index contributed by atoms with van der Waals surface area (Å²) in [5.41, 5.74) is 0. The molecule has 1 aliphatic carbocycles. The zero-order valence-electron chi connectivity index (χ0n) is 17.0. The minimum atomic E-state index is 0. The quantitative estimate of drug-likeness (QED) is 0.298. The van der Waals surface area contributed by atoms with Gasteiger partial charge in [0.2, 0.25) is 0 Å². The van der Waals surface area contributed by atoms with Crippen molar-refractivity contribution in [1.82, 2.24) is 19.8 Å². The van der Waals surface area contributed by atoms with Gasteiger partial charge in [-0.05, 0) is 31.1 Å². The molecule has 4 unspecified atom stereocenters. The fraction of sp³-hybridized carbons (Fsp3) is 0.800. The molecule has 0 amide bonds. The lowest BCUT2D eigenvalue weighted by Crippen LogP contribution is -2.49. The van der Waals surface area contributed by atoms with Gasteiger partial charge < -0.3 is 19.5 Å². The first-order valence-corrected chi connectivity index (χ1v) is 10.2. The molecule has 0 aromatic carbocycles. The Labute approximate surface area is 181 Å². The van der Waals surface area contributed by atoms with Crippen molar-refractivity contribution >= 4 is 29.9 Å². The molecule has 4 atom stereocenters. The average Bonchev–Trinajstić information content (AvgIpc) is 3.18. The topological polar surface area (TPSA) is 54.7 Å². The summed E-state index contributed by atoms with van der Waals surface area (Å²) in [5, 5.41) is 3.50. The first-order valence-electron chi connectivity index (χ1n) is 10.2. The maximum atomic E-state index is 6.13. The predicted molar refractivity (Wildman–Crippen MR) is 121 cm³/mol. The molecular formula is C20H36IN5O. The molecule has 0 bridgehead atoms. The Morgan fingerprint density at radius 2 is 2.04 bits per heavy atom. The molecule has 1 aromatic heterocycles. The van der Waals surface area contributed by atoms with E-state index < -0.39 is 0 Å². The first kappa shape index (κ1) is 22.5. The molecule has 1 saturated carbocycles. The number of piperidine rings is 1. The zero-order chi connectivity index (χ0) is 18.4. The fourth-order valence-corrected chi connectivity index (χ4v) is 4.33. The Morgan fingerprint density at radius 3 is 2.74 bits per heavy atom. The van der Waals surface area contributed by atoms with E-state index in [1.807, 2.05) is 19.6 Å². The summed E-state index contributed by atoms with van der Waals surface area (Å²) >= 11 is 0. The number of aromatic nitrogens is 2. The summed E-state index contributed by atoms with van der Waals surface area (Å²) in [5.74, 6) is 2.33. The molecule has 6 nitrogen and oxygen atoms in total. The molecule has 2 aliphatic rings. The predicted octanol–water partition coefficient (Wildman–Crippen LogP) is 3.55. The van der Waals surface area contributed by atoms with Gasteiger partial charge in [0.05, 0.1) is 25.1 Å². The number of nitrogens with one attached hydrogen (secondary N) is 1. The van der Waals surface area contributed by atoms with Crippen molar-refractivity contribution in [1.29, 1.82) is 0 Å². The van der Waals surface area contributed by atoms with Gasteiger partial charge in [0.15, 0.2) is 5.96 Å². The molecule has 7 heteroatoms. The number of imidazole rings is 1. The standard InChI is InChI=1S/C20H35N5O.HI/c1-16-8-11-24(14-18(16)25-12-9-22-15-25)20(21-3)23-10-13-26-19-7-5-4-6-17(19)2;/h9,12,15-19H,4-8,10-11,13-14H2,1-3H3,(H,21,23);1H. The Bertz CT molecular complexity index is 565. The van der Waals surface area contributed by atoms with Crippen LogP contribution in [-0.2, 0) is 4.74 Å². The number of hydrogen-bond acceptors (Lipinski definition) is 3. The van der Waals surface area contributed by atoms with E-state index in [-0.39, 0.29) is 24.0 Å². The number of halogens is 1. The van der Waals surface area contributed by atoms with Crippen molar-refractivity contribution in [3.05, 3.63) is 18.7 Å². The maximum Gasteiger partial charge on any atom is 0.193 e. The van der Waals surface area contributed by atoms with E-state index in [1.54, 1.807) is 0 Å². The van der Waals surface area contributed by atoms with Crippen LogP contribution in [0, 0.1) is 11.8 Å². The van der Waals surface area contributed by atoms with E-state index in [0.29, 0.717) is 24.0 Å². The maximum absolute atomic E-state index is 6.13. The number of likely N-dealkylation sites (tertiary alicyclic amines) is 1. The van der Waals surface area contributed by atoms with E-state index in [9.17, 15) is 0 Å². The zero-order valence-corrected chi connectivity index (χ0v) is 19.3. The van der Waals surface area contributed by atoms with E-state index in [4.69, 9.17) is 4.74 Å². The van der Waals surface area contributed by atoms with Crippen LogP contribution in [0.3, 0.4) is 0 Å². The van der Waals surface area contributed by atoms with Crippen LogP contribution in [0.2, 0.25) is 0 Å². The second-order valence-corrected chi connectivity index (χ2v) is 7.93. The van der Waals surface area contributed by atoms with E-state index >= 15 is 0 Å². The minimum absolute atomic E-state index is 0. The van der Waals surface area contributed by atoms with Crippen molar-refractivity contribution in [2.75, 3.05) is 33.3 Å². The second kappa shape index (κ2) is 11.2. The first-order chi connectivity index (χ1) is 12.7. The van der Waals surface area contributed by atoms with Crippen LogP contribution >= 0.6 is 24.0 Å². The molecule has 1 aromatic rings. The number of rotatable bonds is 5. The summed E-state index contributed by atoms with van der Waals surface area (Å²) in [4.78, 5) is 11.1. The Morgan fingerprint density at radius 1 is 1.22 bits per heavy atom. The van der Waals surface area contributed by atoms with Crippen LogP contribution in [0.25, 0.3) is 0 Å².